The van der Waals surface area contributed by atoms with Gasteiger partial charge in [-0.1, -0.05) is 35.5 Å². The number of carbonyl (C=O) groups excluding carboxylic acids is 2. The van der Waals surface area contributed by atoms with E-state index in [2.05, 4.69) is 4.99 Å². The molecule has 1 aromatic carbocycles. The summed E-state index contributed by atoms with van der Waals surface area (Å²) in [5.41, 5.74) is 1.78. The number of amides is 1. The zero-order valence-electron chi connectivity index (χ0n) is 13.6. The normalized spacial score (nSPS) is 20.4. The van der Waals surface area contributed by atoms with E-state index in [1.807, 2.05) is 12.1 Å². The average molecular weight is 365 g/mol. The zero-order chi connectivity index (χ0) is 17.4. The highest BCUT2D eigenvalue weighted by atomic mass is 35.5. The van der Waals surface area contributed by atoms with E-state index >= 15 is 0 Å². The molecule has 0 aliphatic carbocycles. The molecule has 1 atom stereocenters. The second kappa shape index (κ2) is 6.61. The highest BCUT2D eigenvalue weighted by Crippen LogP contribution is 2.41. The van der Waals surface area contributed by atoms with E-state index in [1.54, 1.807) is 37.8 Å². The van der Waals surface area contributed by atoms with Crippen LogP contribution < -0.4 is 0 Å². The van der Waals surface area contributed by atoms with E-state index in [-0.39, 0.29) is 12.0 Å². The molecule has 1 amide bonds. The zero-order valence-corrected chi connectivity index (χ0v) is 15.1. The fourth-order valence-electron chi connectivity index (χ4n) is 2.74. The highest BCUT2D eigenvalue weighted by molar-refractivity contribution is 8.15. The second-order valence-electron chi connectivity index (χ2n) is 5.85. The molecule has 0 radical (unpaired) electrons. The number of rotatable bonds is 3. The molecule has 0 spiro atoms. The van der Waals surface area contributed by atoms with Gasteiger partial charge in [0.2, 0.25) is 5.91 Å². The third kappa shape index (κ3) is 3.08. The van der Waals surface area contributed by atoms with Crippen molar-refractivity contribution in [1.82, 2.24) is 4.90 Å². The lowest BCUT2D eigenvalue weighted by atomic mass is 9.94. The Morgan fingerprint density at radius 1 is 1.38 bits per heavy atom. The molecule has 2 aliphatic rings. The number of hydrogen-bond acceptors (Lipinski definition) is 5. The molecule has 0 aromatic heterocycles. The van der Waals surface area contributed by atoms with Crippen LogP contribution in [-0.2, 0) is 14.3 Å². The van der Waals surface area contributed by atoms with E-state index < -0.39 is 12.0 Å². The molecule has 5 nitrogen and oxygen atoms in total. The summed E-state index contributed by atoms with van der Waals surface area (Å²) in [4.78, 5) is 31.0. The third-order valence-corrected chi connectivity index (χ3v) is 4.92. The van der Waals surface area contributed by atoms with Crippen molar-refractivity contribution in [2.45, 2.75) is 32.9 Å². The monoisotopic (exact) mass is 364 g/mol. The Labute approximate surface area is 149 Å². The molecule has 1 fully saturated rings. The molecule has 126 valence electrons. The SMILES string of the molecule is CC1=C(C(=O)OC(C)C)[C@H](c2ccc(Cl)cc2)N2C(=O)CSC2=N1. The van der Waals surface area contributed by atoms with Gasteiger partial charge in [-0.25, -0.2) is 9.79 Å². The molecule has 2 aliphatic heterocycles. The number of halogens is 1. The van der Waals surface area contributed by atoms with Crippen LogP contribution in [-0.4, -0.2) is 33.8 Å². The van der Waals surface area contributed by atoms with Crippen LogP contribution in [0, 0.1) is 0 Å². The number of benzene rings is 1. The number of allylic oxidation sites excluding steroid dienone is 1. The first-order chi connectivity index (χ1) is 11.4. The minimum absolute atomic E-state index is 0.0685. The van der Waals surface area contributed by atoms with Crippen molar-refractivity contribution < 1.29 is 14.3 Å². The number of amidine groups is 1. The van der Waals surface area contributed by atoms with Gasteiger partial charge in [0, 0.05) is 5.02 Å². The van der Waals surface area contributed by atoms with Gasteiger partial charge in [0.25, 0.3) is 0 Å². The van der Waals surface area contributed by atoms with Crippen LogP contribution in [0.25, 0.3) is 0 Å². The van der Waals surface area contributed by atoms with Crippen molar-refractivity contribution in [3.05, 3.63) is 46.1 Å². The molecule has 2 heterocycles. The van der Waals surface area contributed by atoms with Crippen LogP contribution in [0.15, 0.2) is 40.5 Å². The van der Waals surface area contributed by atoms with Crippen molar-refractivity contribution in [3.63, 3.8) is 0 Å². The Bertz CT molecular complexity index is 756. The van der Waals surface area contributed by atoms with Crippen molar-refractivity contribution >= 4 is 40.4 Å². The Morgan fingerprint density at radius 2 is 2.04 bits per heavy atom. The van der Waals surface area contributed by atoms with E-state index in [1.165, 1.54) is 11.8 Å². The summed E-state index contributed by atoms with van der Waals surface area (Å²) in [5, 5.41) is 1.22. The largest absolute Gasteiger partial charge is 0.459 e. The summed E-state index contributed by atoms with van der Waals surface area (Å²) in [7, 11) is 0. The minimum Gasteiger partial charge on any atom is -0.459 e. The fraction of sp³-hybridized carbons (Fsp3) is 0.353. The quantitative estimate of drug-likeness (QED) is 0.769. The number of thioether (sulfide) groups is 1. The Hall–Kier alpha value is -1.79. The van der Waals surface area contributed by atoms with Gasteiger partial charge in [-0.2, -0.15) is 0 Å². The van der Waals surface area contributed by atoms with E-state index in [9.17, 15) is 9.59 Å². The highest BCUT2D eigenvalue weighted by Gasteiger charge is 2.43. The van der Waals surface area contributed by atoms with Gasteiger partial charge in [0.05, 0.1) is 29.2 Å². The first kappa shape index (κ1) is 17.0. The van der Waals surface area contributed by atoms with Crippen LogP contribution in [0.1, 0.15) is 32.4 Å². The molecule has 24 heavy (non-hydrogen) atoms. The lowest BCUT2D eigenvalue weighted by Crippen LogP contribution is -2.40. The lowest BCUT2D eigenvalue weighted by molar-refractivity contribution is -0.143. The second-order valence-corrected chi connectivity index (χ2v) is 7.23. The van der Waals surface area contributed by atoms with Gasteiger partial charge >= 0.3 is 5.97 Å². The molecule has 0 saturated carbocycles. The fourth-order valence-corrected chi connectivity index (χ4v) is 3.81. The number of fused-ring (bicyclic) bond motifs is 1. The Kier molecular flexibility index (Phi) is 4.69. The Morgan fingerprint density at radius 3 is 2.67 bits per heavy atom. The van der Waals surface area contributed by atoms with Crippen LogP contribution in [0.4, 0.5) is 0 Å². The Balaban J connectivity index is 2.11. The number of esters is 1. The van der Waals surface area contributed by atoms with Gasteiger partial charge in [0.1, 0.15) is 0 Å². The standard InChI is InChI=1S/C17H17ClN2O3S/c1-9(2)23-16(22)14-10(3)19-17-20(13(21)8-24-17)15(14)11-4-6-12(18)7-5-11/h4-7,9,15H,8H2,1-3H3/t15-/m0/s1. The van der Waals surface area contributed by atoms with Crippen molar-refractivity contribution in [1.29, 1.82) is 0 Å². The average Bonchev–Trinajstić information content (AvgIpc) is 2.87. The first-order valence-corrected chi connectivity index (χ1v) is 8.95. The smallest absolute Gasteiger partial charge is 0.338 e. The predicted molar refractivity (Wildman–Crippen MR) is 94.9 cm³/mol. The maximum atomic E-state index is 12.6. The lowest BCUT2D eigenvalue weighted by Gasteiger charge is -2.33. The van der Waals surface area contributed by atoms with Crippen LogP contribution in [0.3, 0.4) is 0 Å². The number of ether oxygens (including phenoxy) is 1. The molecular formula is C17H17ClN2O3S. The topological polar surface area (TPSA) is 59.0 Å². The summed E-state index contributed by atoms with van der Waals surface area (Å²) >= 11 is 7.36. The summed E-state index contributed by atoms with van der Waals surface area (Å²) in [6.07, 6.45) is -0.252. The van der Waals surface area contributed by atoms with E-state index in [4.69, 9.17) is 16.3 Å². The van der Waals surface area contributed by atoms with Crippen molar-refractivity contribution in [3.8, 4) is 0 Å². The van der Waals surface area contributed by atoms with E-state index in [0.29, 0.717) is 27.2 Å². The summed E-state index contributed by atoms with van der Waals surface area (Å²) < 4.78 is 5.38. The van der Waals surface area contributed by atoms with Crippen molar-refractivity contribution in [2.75, 3.05) is 5.75 Å². The maximum absolute atomic E-state index is 12.6. The van der Waals surface area contributed by atoms with Crippen molar-refractivity contribution in [2.24, 2.45) is 4.99 Å². The van der Waals surface area contributed by atoms with Crippen LogP contribution in [0.5, 0.6) is 0 Å². The number of carbonyl (C=O) groups is 2. The molecule has 0 unspecified atom stereocenters. The van der Waals surface area contributed by atoms with Gasteiger partial charge in [-0.15, -0.1) is 0 Å². The van der Waals surface area contributed by atoms with Gasteiger partial charge in [-0.05, 0) is 38.5 Å². The predicted octanol–water partition coefficient (Wildman–Crippen LogP) is 3.55. The molecule has 1 aromatic rings. The van der Waals surface area contributed by atoms with Gasteiger partial charge in [-0.3, -0.25) is 9.69 Å². The molecule has 1 saturated heterocycles. The minimum atomic E-state index is -0.538. The first-order valence-electron chi connectivity index (χ1n) is 7.59. The number of hydrogen-bond donors (Lipinski definition) is 0. The van der Waals surface area contributed by atoms with E-state index in [0.717, 1.165) is 5.56 Å². The molecule has 0 bridgehead atoms. The molecular weight excluding hydrogens is 348 g/mol. The number of aliphatic imine (C=N–C) groups is 1. The summed E-state index contributed by atoms with van der Waals surface area (Å²) in [5.74, 6) is -0.195. The van der Waals surface area contributed by atoms with Crippen LogP contribution >= 0.6 is 23.4 Å². The summed E-state index contributed by atoms with van der Waals surface area (Å²) in [6.45, 7) is 5.35. The number of nitrogens with zero attached hydrogens (tertiary/aromatic N) is 2. The van der Waals surface area contributed by atoms with Gasteiger partial charge in [0.15, 0.2) is 5.17 Å². The van der Waals surface area contributed by atoms with Crippen LogP contribution in [0.2, 0.25) is 5.02 Å². The molecule has 3 rings (SSSR count). The maximum Gasteiger partial charge on any atom is 0.338 e. The molecule has 0 N–H and O–H groups in total. The third-order valence-electron chi connectivity index (χ3n) is 3.73. The van der Waals surface area contributed by atoms with Gasteiger partial charge < -0.3 is 4.74 Å². The summed E-state index contributed by atoms with van der Waals surface area (Å²) in [6, 6.07) is 6.60. The molecule has 7 heteroatoms.